The van der Waals surface area contributed by atoms with Crippen LogP contribution in [0.1, 0.15) is 46.5 Å². The molecular formula is C14H25NO4. The van der Waals surface area contributed by atoms with Gasteiger partial charge >= 0.3 is 5.97 Å². The molecule has 0 radical (unpaired) electrons. The number of rotatable bonds is 6. The molecule has 0 N–H and O–H groups in total. The summed E-state index contributed by atoms with van der Waals surface area (Å²) in [6, 6.07) is -0.403. The summed E-state index contributed by atoms with van der Waals surface area (Å²) in [5.41, 5.74) is 0. The number of amides is 1. The van der Waals surface area contributed by atoms with Gasteiger partial charge in [0.2, 0.25) is 5.91 Å². The number of piperidine rings is 1. The molecule has 0 saturated carbocycles. The maximum atomic E-state index is 12.0. The molecule has 0 spiro atoms. The largest absolute Gasteiger partial charge is 0.462 e. The molecule has 1 amide bonds. The van der Waals surface area contributed by atoms with Crippen molar-refractivity contribution in [2.75, 3.05) is 19.8 Å². The van der Waals surface area contributed by atoms with Gasteiger partial charge in [-0.2, -0.15) is 0 Å². The SMILES string of the molecule is CCC(=O)N1CCCCC1C(=O)OCCOC(C)C. The van der Waals surface area contributed by atoms with Crippen molar-refractivity contribution in [3.05, 3.63) is 0 Å². The zero-order valence-corrected chi connectivity index (χ0v) is 12.2. The van der Waals surface area contributed by atoms with Crippen molar-refractivity contribution in [2.45, 2.75) is 58.6 Å². The minimum absolute atomic E-state index is 0.0279. The summed E-state index contributed by atoms with van der Waals surface area (Å²) in [4.78, 5) is 25.5. The third-order valence-electron chi connectivity index (χ3n) is 3.18. The summed E-state index contributed by atoms with van der Waals surface area (Å²) < 4.78 is 10.5. The molecule has 0 aromatic rings. The van der Waals surface area contributed by atoms with Crippen LogP contribution in [-0.2, 0) is 19.1 Å². The van der Waals surface area contributed by atoms with Crippen LogP contribution in [0.15, 0.2) is 0 Å². The Morgan fingerprint density at radius 3 is 2.63 bits per heavy atom. The van der Waals surface area contributed by atoms with E-state index < -0.39 is 6.04 Å². The summed E-state index contributed by atoms with van der Waals surface area (Å²) in [6.45, 7) is 7.00. The van der Waals surface area contributed by atoms with Crippen molar-refractivity contribution in [3.8, 4) is 0 Å². The quantitative estimate of drug-likeness (QED) is 0.545. The molecule has 1 rings (SSSR count). The molecular weight excluding hydrogens is 246 g/mol. The molecule has 1 aliphatic heterocycles. The highest BCUT2D eigenvalue weighted by Gasteiger charge is 2.32. The number of carbonyl (C=O) groups is 2. The molecule has 5 heteroatoms. The highest BCUT2D eigenvalue weighted by atomic mass is 16.6. The zero-order valence-electron chi connectivity index (χ0n) is 12.2. The fourth-order valence-electron chi connectivity index (χ4n) is 2.20. The zero-order chi connectivity index (χ0) is 14.3. The van der Waals surface area contributed by atoms with E-state index in [4.69, 9.17) is 9.47 Å². The van der Waals surface area contributed by atoms with E-state index in [1.165, 1.54) is 0 Å². The van der Waals surface area contributed by atoms with Gasteiger partial charge in [0, 0.05) is 13.0 Å². The van der Waals surface area contributed by atoms with E-state index in [1.54, 1.807) is 4.90 Å². The van der Waals surface area contributed by atoms with E-state index in [0.717, 1.165) is 12.8 Å². The number of likely N-dealkylation sites (tertiary alicyclic amines) is 1. The van der Waals surface area contributed by atoms with Crippen molar-refractivity contribution in [1.82, 2.24) is 4.90 Å². The molecule has 0 aromatic carbocycles. The third-order valence-corrected chi connectivity index (χ3v) is 3.18. The third kappa shape index (κ3) is 5.19. The standard InChI is InChI=1S/C14H25NO4/c1-4-13(16)15-8-6-5-7-12(15)14(17)19-10-9-18-11(2)3/h11-12H,4-10H2,1-3H3. The van der Waals surface area contributed by atoms with Gasteiger partial charge in [0.1, 0.15) is 12.6 Å². The Kier molecular flexibility index (Phi) is 6.84. The van der Waals surface area contributed by atoms with Gasteiger partial charge in [0.15, 0.2) is 0 Å². The molecule has 1 aliphatic rings. The molecule has 1 saturated heterocycles. The molecule has 0 aliphatic carbocycles. The van der Waals surface area contributed by atoms with Crippen LogP contribution in [0.2, 0.25) is 0 Å². The van der Waals surface area contributed by atoms with Crippen molar-refractivity contribution in [1.29, 1.82) is 0 Å². The van der Waals surface area contributed by atoms with Gasteiger partial charge < -0.3 is 14.4 Å². The summed E-state index contributed by atoms with van der Waals surface area (Å²) in [7, 11) is 0. The monoisotopic (exact) mass is 271 g/mol. The Balaban J connectivity index is 2.41. The van der Waals surface area contributed by atoms with Gasteiger partial charge in [-0.15, -0.1) is 0 Å². The minimum Gasteiger partial charge on any atom is -0.462 e. The maximum absolute atomic E-state index is 12.0. The first-order valence-electron chi connectivity index (χ1n) is 7.14. The second kappa shape index (κ2) is 8.15. The molecule has 5 nitrogen and oxygen atoms in total. The van der Waals surface area contributed by atoms with Crippen LogP contribution in [0.5, 0.6) is 0 Å². The lowest BCUT2D eigenvalue weighted by Crippen LogP contribution is -2.48. The first-order valence-corrected chi connectivity index (χ1v) is 7.14. The summed E-state index contributed by atoms with van der Waals surface area (Å²) in [5.74, 6) is -0.270. The summed E-state index contributed by atoms with van der Waals surface area (Å²) in [6.07, 6.45) is 3.20. The Morgan fingerprint density at radius 2 is 2.00 bits per heavy atom. The van der Waals surface area contributed by atoms with E-state index in [2.05, 4.69) is 0 Å². The summed E-state index contributed by atoms with van der Waals surface area (Å²) >= 11 is 0. The molecule has 0 aromatic heterocycles. The smallest absolute Gasteiger partial charge is 0.328 e. The van der Waals surface area contributed by atoms with Crippen molar-refractivity contribution < 1.29 is 19.1 Å². The Morgan fingerprint density at radius 1 is 1.26 bits per heavy atom. The maximum Gasteiger partial charge on any atom is 0.328 e. The Labute approximate surface area is 115 Å². The average Bonchev–Trinajstić information content (AvgIpc) is 2.42. The summed E-state index contributed by atoms with van der Waals surface area (Å²) in [5, 5.41) is 0. The first-order chi connectivity index (χ1) is 9.06. The van der Waals surface area contributed by atoms with Gasteiger partial charge in [-0.1, -0.05) is 6.92 Å². The van der Waals surface area contributed by atoms with Gasteiger partial charge in [-0.25, -0.2) is 4.79 Å². The average molecular weight is 271 g/mol. The van der Waals surface area contributed by atoms with Crippen LogP contribution in [0, 0.1) is 0 Å². The number of carbonyl (C=O) groups excluding carboxylic acids is 2. The van der Waals surface area contributed by atoms with Crippen LogP contribution < -0.4 is 0 Å². The lowest BCUT2D eigenvalue weighted by atomic mass is 10.0. The second-order valence-electron chi connectivity index (χ2n) is 5.04. The molecule has 1 heterocycles. The number of ether oxygens (including phenoxy) is 2. The predicted octanol–water partition coefficient (Wildman–Crippen LogP) is 1.75. The Bertz CT molecular complexity index is 304. The van der Waals surface area contributed by atoms with E-state index in [-0.39, 0.29) is 24.6 Å². The van der Waals surface area contributed by atoms with Crippen molar-refractivity contribution in [2.24, 2.45) is 0 Å². The molecule has 110 valence electrons. The fraction of sp³-hybridized carbons (Fsp3) is 0.857. The molecule has 1 atom stereocenters. The normalized spacial score (nSPS) is 19.6. The van der Waals surface area contributed by atoms with Crippen LogP contribution in [0.3, 0.4) is 0 Å². The van der Waals surface area contributed by atoms with Gasteiger partial charge in [0.05, 0.1) is 12.7 Å². The van der Waals surface area contributed by atoms with Gasteiger partial charge in [-0.3, -0.25) is 4.79 Å². The van der Waals surface area contributed by atoms with E-state index in [9.17, 15) is 9.59 Å². The van der Waals surface area contributed by atoms with E-state index >= 15 is 0 Å². The fourth-order valence-corrected chi connectivity index (χ4v) is 2.20. The molecule has 0 bridgehead atoms. The topological polar surface area (TPSA) is 55.8 Å². The number of hydrogen-bond donors (Lipinski definition) is 0. The number of nitrogens with zero attached hydrogens (tertiary/aromatic N) is 1. The predicted molar refractivity (Wildman–Crippen MR) is 71.7 cm³/mol. The van der Waals surface area contributed by atoms with Crippen molar-refractivity contribution >= 4 is 11.9 Å². The number of esters is 1. The molecule has 1 unspecified atom stereocenters. The van der Waals surface area contributed by atoms with Crippen LogP contribution in [0.4, 0.5) is 0 Å². The van der Waals surface area contributed by atoms with Crippen LogP contribution >= 0.6 is 0 Å². The van der Waals surface area contributed by atoms with Gasteiger partial charge in [-0.05, 0) is 33.1 Å². The van der Waals surface area contributed by atoms with Crippen molar-refractivity contribution in [3.63, 3.8) is 0 Å². The molecule has 19 heavy (non-hydrogen) atoms. The lowest BCUT2D eigenvalue weighted by Gasteiger charge is -2.33. The van der Waals surface area contributed by atoms with Crippen LogP contribution in [0.25, 0.3) is 0 Å². The van der Waals surface area contributed by atoms with Crippen LogP contribution in [-0.4, -0.2) is 48.7 Å². The van der Waals surface area contributed by atoms with E-state index in [1.807, 2.05) is 20.8 Å². The highest BCUT2D eigenvalue weighted by molar-refractivity contribution is 5.84. The van der Waals surface area contributed by atoms with E-state index in [0.29, 0.717) is 26.0 Å². The first kappa shape index (κ1) is 16.0. The van der Waals surface area contributed by atoms with Gasteiger partial charge in [0.25, 0.3) is 0 Å². The number of hydrogen-bond acceptors (Lipinski definition) is 4. The highest BCUT2D eigenvalue weighted by Crippen LogP contribution is 2.19. The second-order valence-corrected chi connectivity index (χ2v) is 5.04. The lowest BCUT2D eigenvalue weighted by molar-refractivity contribution is -0.158. The minimum atomic E-state index is -0.403. The molecule has 1 fully saturated rings. The Hall–Kier alpha value is -1.10.